The molecule has 1 heterocycles. The Balaban J connectivity index is 2.01. The molecular formula is C16H16N2O4. The number of benzene rings is 1. The van der Waals surface area contributed by atoms with Crippen molar-refractivity contribution >= 4 is 18.0 Å². The van der Waals surface area contributed by atoms with E-state index in [0.717, 1.165) is 12.8 Å². The first-order valence-corrected chi connectivity index (χ1v) is 6.95. The van der Waals surface area contributed by atoms with Crippen LogP contribution >= 0.6 is 0 Å². The molecule has 0 aliphatic carbocycles. The van der Waals surface area contributed by atoms with E-state index < -0.39 is 11.9 Å². The Hall–Kier alpha value is -2.65. The summed E-state index contributed by atoms with van der Waals surface area (Å²) in [5, 5.41) is 20.6. The van der Waals surface area contributed by atoms with Crippen LogP contribution in [0.5, 0.6) is 0 Å². The summed E-state index contributed by atoms with van der Waals surface area (Å²) in [4.78, 5) is 22.7. The van der Waals surface area contributed by atoms with Crippen molar-refractivity contribution in [3.63, 3.8) is 0 Å². The molecule has 1 aliphatic heterocycles. The predicted molar refractivity (Wildman–Crippen MR) is 79.0 cm³/mol. The predicted octanol–water partition coefficient (Wildman–Crippen LogP) is 1.59. The average Bonchev–Trinajstić information content (AvgIpc) is 3.04. The van der Waals surface area contributed by atoms with Gasteiger partial charge in [-0.3, -0.25) is 4.79 Å². The normalized spacial score (nSPS) is 17.8. The van der Waals surface area contributed by atoms with E-state index in [1.807, 2.05) is 6.07 Å². The lowest BCUT2D eigenvalue weighted by Gasteiger charge is -2.10. The maximum absolute atomic E-state index is 12.0. The largest absolute Gasteiger partial charge is 0.478 e. The monoisotopic (exact) mass is 300 g/mol. The lowest BCUT2D eigenvalue weighted by atomic mass is 10.1. The van der Waals surface area contributed by atoms with Crippen molar-refractivity contribution in [1.82, 2.24) is 5.32 Å². The SMILES string of the molecule is N#C/C(=C\c1ccc(C(=O)O)cc1)C(=O)NC[C@@H]1CCCO1. The minimum atomic E-state index is -1.02. The van der Waals surface area contributed by atoms with Crippen LogP contribution in [0.3, 0.4) is 0 Å². The zero-order valence-electron chi connectivity index (χ0n) is 11.9. The van der Waals surface area contributed by atoms with E-state index in [2.05, 4.69) is 5.32 Å². The van der Waals surface area contributed by atoms with Crippen molar-refractivity contribution in [2.24, 2.45) is 0 Å². The van der Waals surface area contributed by atoms with E-state index in [4.69, 9.17) is 15.1 Å². The zero-order chi connectivity index (χ0) is 15.9. The zero-order valence-corrected chi connectivity index (χ0v) is 11.9. The summed E-state index contributed by atoms with van der Waals surface area (Å²) in [6.45, 7) is 1.09. The molecule has 1 atom stereocenters. The quantitative estimate of drug-likeness (QED) is 0.635. The molecule has 1 saturated heterocycles. The van der Waals surface area contributed by atoms with Gasteiger partial charge in [0.2, 0.25) is 0 Å². The van der Waals surface area contributed by atoms with Crippen LogP contribution < -0.4 is 5.32 Å². The van der Waals surface area contributed by atoms with Crippen LogP contribution in [0.15, 0.2) is 29.8 Å². The molecule has 6 heteroatoms. The van der Waals surface area contributed by atoms with E-state index in [0.29, 0.717) is 18.7 Å². The third-order valence-corrected chi connectivity index (χ3v) is 3.35. The highest BCUT2D eigenvalue weighted by Gasteiger charge is 2.17. The van der Waals surface area contributed by atoms with E-state index in [-0.39, 0.29) is 17.2 Å². The Bertz CT molecular complexity index is 623. The van der Waals surface area contributed by atoms with Gasteiger partial charge < -0.3 is 15.2 Å². The number of ether oxygens (including phenoxy) is 1. The number of carboxylic acids is 1. The molecule has 114 valence electrons. The van der Waals surface area contributed by atoms with Crippen LogP contribution in [-0.2, 0) is 9.53 Å². The first-order valence-electron chi connectivity index (χ1n) is 6.95. The smallest absolute Gasteiger partial charge is 0.335 e. The molecule has 2 N–H and O–H groups in total. The highest BCUT2D eigenvalue weighted by atomic mass is 16.5. The van der Waals surface area contributed by atoms with Crippen molar-refractivity contribution in [2.75, 3.05) is 13.2 Å². The molecule has 1 fully saturated rings. The number of carboxylic acid groups (broad SMARTS) is 1. The number of nitriles is 1. The van der Waals surface area contributed by atoms with Crippen molar-refractivity contribution in [2.45, 2.75) is 18.9 Å². The second-order valence-corrected chi connectivity index (χ2v) is 4.94. The average molecular weight is 300 g/mol. The number of amides is 1. The van der Waals surface area contributed by atoms with E-state index in [9.17, 15) is 9.59 Å². The third-order valence-electron chi connectivity index (χ3n) is 3.35. The molecular weight excluding hydrogens is 284 g/mol. The standard InChI is InChI=1S/C16H16N2O4/c17-9-13(15(19)18-10-14-2-1-7-22-14)8-11-3-5-12(6-4-11)16(20)21/h3-6,8,14H,1-2,7,10H2,(H,18,19)(H,20,21)/b13-8+/t14-/m0/s1. The molecule has 0 unspecified atom stereocenters. The molecule has 22 heavy (non-hydrogen) atoms. The number of nitrogens with one attached hydrogen (secondary N) is 1. The fourth-order valence-corrected chi connectivity index (χ4v) is 2.14. The van der Waals surface area contributed by atoms with Gasteiger partial charge in [-0.25, -0.2) is 4.79 Å². The van der Waals surface area contributed by atoms with Gasteiger partial charge in [0, 0.05) is 13.2 Å². The van der Waals surface area contributed by atoms with Crippen LogP contribution in [-0.4, -0.2) is 36.2 Å². The molecule has 0 saturated carbocycles. The maximum Gasteiger partial charge on any atom is 0.335 e. The minimum absolute atomic E-state index is 0.0127. The first kappa shape index (κ1) is 15.7. The summed E-state index contributed by atoms with van der Waals surface area (Å²) in [7, 11) is 0. The number of nitrogens with zero attached hydrogens (tertiary/aromatic N) is 1. The highest BCUT2D eigenvalue weighted by Crippen LogP contribution is 2.12. The van der Waals surface area contributed by atoms with Gasteiger partial charge >= 0.3 is 5.97 Å². The number of hydrogen-bond donors (Lipinski definition) is 2. The van der Waals surface area contributed by atoms with Crippen LogP contribution in [0, 0.1) is 11.3 Å². The Morgan fingerprint density at radius 2 is 2.14 bits per heavy atom. The van der Waals surface area contributed by atoms with Gasteiger partial charge in [-0.05, 0) is 36.6 Å². The van der Waals surface area contributed by atoms with Gasteiger partial charge in [-0.2, -0.15) is 5.26 Å². The molecule has 2 rings (SSSR count). The molecule has 1 aliphatic rings. The molecule has 0 spiro atoms. The van der Waals surface area contributed by atoms with Gasteiger partial charge in [0.1, 0.15) is 11.6 Å². The fraction of sp³-hybridized carbons (Fsp3) is 0.312. The van der Waals surface area contributed by atoms with Crippen LogP contribution in [0.1, 0.15) is 28.8 Å². The maximum atomic E-state index is 12.0. The molecule has 1 aromatic rings. The Morgan fingerprint density at radius 3 is 2.68 bits per heavy atom. The van der Waals surface area contributed by atoms with Crippen molar-refractivity contribution < 1.29 is 19.4 Å². The van der Waals surface area contributed by atoms with Gasteiger partial charge in [0.05, 0.1) is 11.7 Å². The number of carbonyl (C=O) groups excluding carboxylic acids is 1. The lowest BCUT2D eigenvalue weighted by Crippen LogP contribution is -2.32. The Labute approximate surface area is 128 Å². The number of aromatic carboxylic acids is 1. The van der Waals surface area contributed by atoms with Gasteiger partial charge in [0.25, 0.3) is 5.91 Å². The first-order chi connectivity index (χ1) is 10.6. The fourth-order valence-electron chi connectivity index (χ4n) is 2.14. The summed E-state index contributed by atoms with van der Waals surface area (Å²) in [5.74, 6) is -1.48. The highest BCUT2D eigenvalue weighted by molar-refractivity contribution is 6.01. The Kier molecular flexibility index (Phi) is 5.28. The minimum Gasteiger partial charge on any atom is -0.478 e. The van der Waals surface area contributed by atoms with Crippen LogP contribution in [0.4, 0.5) is 0 Å². The van der Waals surface area contributed by atoms with Crippen molar-refractivity contribution in [1.29, 1.82) is 5.26 Å². The van der Waals surface area contributed by atoms with Crippen LogP contribution in [0.25, 0.3) is 6.08 Å². The van der Waals surface area contributed by atoms with Gasteiger partial charge in [-0.1, -0.05) is 12.1 Å². The molecule has 1 aromatic carbocycles. The summed E-state index contributed by atoms with van der Waals surface area (Å²) in [6, 6.07) is 7.80. The van der Waals surface area contributed by atoms with E-state index >= 15 is 0 Å². The van der Waals surface area contributed by atoms with Gasteiger partial charge in [0.15, 0.2) is 0 Å². The summed E-state index contributed by atoms with van der Waals surface area (Å²) in [6.07, 6.45) is 3.33. The van der Waals surface area contributed by atoms with Crippen molar-refractivity contribution in [3.8, 4) is 6.07 Å². The van der Waals surface area contributed by atoms with Gasteiger partial charge in [-0.15, -0.1) is 0 Å². The third kappa shape index (κ3) is 4.17. The molecule has 0 bridgehead atoms. The molecule has 0 aromatic heterocycles. The molecule has 0 radical (unpaired) electrons. The van der Waals surface area contributed by atoms with Crippen molar-refractivity contribution in [3.05, 3.63) is 41.0 Å². The number of carbonyl (C=O) groups is 2. The number of hydrogen-bond acceptors (Lipinski definition) is 4. The Morgan fingerprint density at radius 1 is 1.41 bits per heavy atom. The second kappa shape index (κ2) is 7.38. The van der Waals surface area contributed by atoms with E-state index in [1.165, 1.54) is 18.2 Å². The molecule has 1 amide bonds. The summed E-state index contributed by atoms with van der Waals surface area (Å²) in [5.41, 5.74) is 0.716. The topological polar surface area (TPSA) is 99.4 Å². The number of rotatable bonds is 5. The summed E-state index contributed by atoms with van der Waals surface area (Å²) < 4.78 is 5.40. The van der Waals surface area contributed by atoms with Crippen LogP contribution in [0.2, 0.25) is 0 Å². The molecule has 6 nitrogen and oxygen atoms in total. The lowest BCUT2D eigenvalue weighted by molar-refractivity contribution is -0.117. The summed E-state index contributed by atoms with van der Waals surface area (Å²) >= 11 is 0. The second-order valence-electron chi connectivity index (χ2n) is 4.94. The van der Waals surface area contributed by atoms with E-state index in [1.54, 1.807) is 12.1 Å².